The van der Waals surface area contributed by atoms with Gasteiger partial charge >= 0.3 is 0 Å². The van der Waals surface area contributed by atoms with Crippen LogP contribution in [0.3, 0.4) is 0 Å². The van der Waals surface area contributed by atoms with Gasteiger partial charge in [-0.15, -0.1) is 0 Å². The number of aromatic nitrogens is 2. The van der Waals surface area contributed by atoms with Crippen molar-refractivity contribution in [2.45, 2.75) is 63.5 Å². The van der Waals surface area contributed by atoms with Gasteiger partial charge in [0.25, 0.3) is 0 Å². The maximum absolute atomic E-state index is 4.76. The molecule has 0 spiro atoms. The monoisotopic (exact) mass is 272 g/mol. The van der Waals surface area contributed by atoms with Crippen molar-refractivity contribution in [2.24, 2.45) is 0 Å². The van der Waals surface area contributed by atoms with E-state index in [1.807, 2.05) is 0 Å². The summed E-state index contributed by atoms with van der Waals surface area (Å²) in [5.41, 5.74) is 1.10. The highest BCUT2D eigenvalue weighted by molar-refractivity contribution is 5.39. The summed E-state index contributed by atoms with van der Waals surface area (Å²) in [5, 5.41) is 3.71. The van der Waals surface area contributed by atoms with Crippen LogP contribution < -0.4 is 5.32 Å². The number of hydrogen-bond donors (Lipinski definition) is 1. The Hall–Kier alpha value is -1.16. The Balaban J connectivity index is 1.50. The number of rotatable bonds is 3. The molecule has 4 rings (SSSR count). The molecule has 3 fully saturated rings. The fraction of sp³-hybridized carbons (Fsp3) is 0.750. The zero-order chi connectivity index (χ0) is 13.5. The third-order valence-corrected chi connectivity index (χ3v) is 5.00. The normalized spacial score (nSPS) is 30.2. The molecule has 0 amide bonds. The van der Waals surface area contributed by atoms with E-state index in [2.05, 4.69) is 28.2 Å². The summed E-state index contributed by atoms with van der Waals surface area (Å²) in [6, 6.07) is 3.41. The van der Waals surface area contributed by atoms with Crippen LogP contribution in [0.15, 0.2) is 6.07 Å². The van der Waals surface area contributed by atoms with Crippen molar-refractivity contribution in [3.8, 4) is 0 Å². The van der Waals surface area contributed by atoms with Crippen LogP contribution in [0.1, 0.15) is 56.0 Å². The highest BCUT2D eigenvalue weighted by Crippen LogP contribution is 2.38. The lowest BCUT2D eigenvalue weighted by atomic mass is 9.99. The average Bonchev–Trinajstić information content (AvgIpc) is 3.22. The second kappa shape index (κ2) is 4.99. The molecule has 0 radical (unpaired) electrons. The molecule has 0 unspecified atom stereocenters. The van der Waals surface area contributed by atoms with Crippen LogP contribution in [0.5, 0.6) is 0 Å². The lowest BCUT2D eigenvalue weighted by Crippen LogP contribution is -2.41. The standard InChI is InChI=1S/C16H24N4/c1-11-10-15(19-16(17-11)12-5-6-12)18-13-7-9-20-8-3-2-4-14(13)20/h10,12-14H,2-9H2,1H3,(H,17,18,19)/t13-,14+/m1/s1. The average molecular weight is 272 g/mol. The van der Waals surface area contributed by atoms with Gasteiger partial charge in [0.2, 0.25) is 0 Å². The predicted molar refractivity (Wildman–Crippen MR) is 80.0 cm³/mol. The Morgan fingerprint density at radius 1 is 1.10 bits per heavy atom. The van der Waals surface area contributed by atoms with Crippen LogP contribution in [-0.4, -0.2) is 40.0 Å². The maximum atomic E-state index is 4.76. The van der Waals surface area contributed by atoms with Crippen molar-refractivity contribution in [1.29, 1.82) is 0 Å². The second-order valence-electron chi connectivity index (χ2n) is 6.67. The van der Waals surface area contributed by atoms with E-state index < -0.39 is 0 Å². The Labute approximate surface area is 121 Å². The van der Waals surface area contributed by atoms with Gasteiger partial charge in [0, 0.05) is 36.3 Å². The molecule has 1 aliphatic carbocycles. The molecule has 0 aromatic carbocycles. The van der Waals surface area contributed by atoms with Gasteiger partial charge in [0.1, 0.15) is 11.6 Å². The molecular formula is C16H24N4. The first-order valence-corrected chi connectivity index (χ1v) is 8.16. The number of hydrogen-bond acceptors (Lipinski definition) is 4. The van der Waals surface area contributed by atoms with Crippen LogP contribution in [-0.2, 0) is 0 Å². The summed E-state index contributed by atoms with van der Waals surface area (Å²) in [5.74, 6) is 2.74. The number of fused-ring (bicyclic) bond motifs is 1. The highest BCUT2D eigenvalue weighted by atomic mass is 15.2. The van der Waals surface area contributed by atoms with E-state index in [4.69, 9.17) is 4.98 Å². The lowest BCUT2D eigenvalue weighted by Gasteiger charge is -2.32. The Morgan fingerprint density at radius 2 is 2.00 bits per heavy atom. The quantitative estimate of drug-likeness (QED) is 0.918. The molecule has 1 aromatic heterocycles. The minimum absolute atomic E-state index is 0.580. The molecule has 4 heteroatoms. The summed E-state index contributed by atoms with van der Waals surface area (Å²) >= 11 is 0. The summed E-state index contributed by atoms with van der Waals surface area (Å²) in [4.78, 5) is 12.0. The smallest absolute Gasteiger partial charge is 0.134 e. The SMILES string of the molecule is Cc1cc(N[C@@H]2CCN3CCCC[C@@H]23)nc(C2CC2)n1. The molecule has 2 atom stereocenters. The van der Waals surface area contributed by atoms with E-state index in [-0.39, 0.29) is 0 Å². The molecule has 108 valence electrons. The first kappa shape index (κ1) is 12.6. The van der Waals surface area contributed by atoms with Gasteiger partial charge in [-0.25, -0.2) is 9.97 Å². The maximum Gasteiger partial charge on any atom is 0.134 e. The Bertz CT molecular complexity index is 497. The molecule has 1 aromatic rings. The van der Waals surface area contributed by atoms with Crippen molar-refractivity contribution in [3.63, 3.8) is 0 Å². The van der Waals surface area contributed by atoms with Crippen LogP contribution in [0.2, 0.25) is 0 Å². The third-order valence-electron chi connectivity index (χ3n) is 5.00. The molecular weight excluding hydrogens is 248 g/mol. The van der Waals surface area contributed by atoms with Gasteiger partial charge in [-0.1, -0.05) is 6.42 Å². The summed E-state index contributed by atoms with van der Waals surface area (Å²) < 4.78 is 0. The molecule has 0 bridgehead atoms. The molecule has 20 heavy (non-hydrogen) atoms. The van der Waals surface area contributed by atoms with E-state index in [9.17, 15) is 0 Å². The van der Waals surface area contributed by atoms with Gasteiger partial charge in [-0.05, 0) is 45.6 Å². The van der Waals surface area contributed by atoms with Gasteiger partial charge in [-0.2, -0.15) is 0 Å². The first-order chi connectivity index (χ1) is 9.79. The van der Waals surface area contributed by atoms with Crippen molar-refractivity contribution < 1.29 is 0 Å². The summed E-state index contributed by atoms with van der Waals surface area (Å²) in [7, 11) is 0. The first-order valence-electron chi connectivity index (χ1n) is 8.16. The van der Waals surface area contributed by atoms with E-state index in [1.54, 1.807) is 0 Å². The van der Waals surface area contributed by atoms with E-state index >= 15 is 0 Å². The Morgan fingerprint density at radius 3 is 2.85 bits per heavy atom. The molecule has 1 saturated carbocycles. The fourth-order valence-electron chi connectivity index (χ4n) is 3.80. The molecule has 2 saturated heterocycles. The van der Waals surface area contributed by atoms with Gasteiger partial charge in [-0.3, -0.25) is 4.90 Å². The van der Waals surface area contributed by atoms with Gasteiger partial charge < -0.3 is 5.32 Å². The number of piperidine rings is 1. The van der Waals surface area contributed by atoms with Gasteiger partial charge in [0.05, 0.1) is 0 Å². The molecule has 1 N–H and O–H groups in total. The topological polar surface area (TPSA) is 41.0 Å². The number of nitrogens with one attached hydrogen (secondary N) is 1. The van der Waals surface area contributed by atoms with Gasteiger partial charge in [0.15, 0.2) is 0 Å². The lowest BCUT2D eigenvalue weighted by molar-refractivity contribution is 0.192. The predicted octanol–water partition coefficient (Wildman–Crippen LogP) is 2.70. The highest BCUT2D eigenvalue weighted by Gasteiger charge is 2.35. The molecule has 3 aliphatic rings. The van der Waals surface area contributed by atoms with Crippen molar-refractivity contribution in [3.05, 3.63) is 17.6 Å². The van der Waals surface area contributed by atoms with Crippen molar-refractivity contribution >= 4 is 5.82 Å². The zero-order valence-corrected chi connectivity index (χ0v) is 12.3. The number of anilines is 1. The molecule has 3 heterocycles. The summed E-state index contributed by atoms with van der Waals surface area (Å²) in [6.45, 7) is 4.63. The summed E-state index contributed by atoms with van der Waals surface area (Å²) in [6.07, 6.45) is 7.90. The van der Waals surface area contributed by atoms with Crippen molar-refractivity contribution in [2.75, 3.05) is 18.4 Å². The minimum atomic E-state index is 0.580. The largest absolute Gasteiger partial charge is 0.366 e. The zero-order valence-electron chi connectivity index (χ0n) is 12.3. The van der Waals surface area contributed by atoms with E-state index in [1.165, 1.54) is 51.6 Å². The Kier molecular flexibility index (Phi) is 3.14. The third kappa shape index (κ3) is 2.41. The minimum Gasteiger partial charge on any atom is -0.366 e. The van der Waals surface area contributed by atoms with Crippen LogP contribution in [0, 0.1) is 6.92 Å². The number of nitrogens with zero attached hydrogens (tertiary/aromatic N) is 3. The van der Waals surface area contributed by atoms with Crippen LogP contribution >= 0.6 is 0 Å². The van der Waals surface area contributed by atoms with Crippen LogP contribution in [0.25, 0.3) is 0 Å². The number of aryl methyl sites for hydroxylation is 1. The fourth-order valence-corrected chi connectivity index (χ4v) is 3.80. The van der Waals surface area contributed by atoms with Crippen LogP contribution in [0.4, 0.5) is 5.82 Å². The van der Waals surface area contributed by atoms with E-state index in [0.717, 1.165) is 23.4 Å². The van der Waals surface area contributed by atoms with Crippen molar-refractivity contribution in [1.82, 2.24) is 14.9 Å². The molecule has 2 aliphatic heterocycles. The second-order valence-corrected chi connectivity index (χ2v) is 6.67. The molecule has 4 nitrogen and oxygen atoms in total. The van der Waals surface area contributed by atoms with E-state index in [0.29, 0.717) is 12.0 Å².